The second-order valence-electron chi connectivity index (χ2n) is 7.40. The minimum Gasteiger partial charge on any atom is -0.355 e. The molecule has 0 aromatic heterocycles. The smallest absolute Gasteiger partial charge is 0.0281 e. The van der Waals surface area contributed by atoms with Gasteiger partial charge in [-0.3, -0.25) is 4.99 Å². The molecule has 2 rings (SSSR count). The topological polar surface area (TPSA) is 15.6 Å². The summed E-state index contributed by atoms with van der Waals surface area (Å²) < 4.78 is 0. The van der Waals surface area contributed by atoms with Crippen molar-refractivity contribution in [3.8, 4) is 0 Å². The van der Waals surface area contributed by atoms with Gasteiger partial charge < -0.3 is 4.90 Å². The van der Waals surface area contributed by atoms with Crippen LogP contribution in [0.5, 0.6) is 0 Å². The first-order chi connectivity index (χ1) is 15.3. The lowest BCUT2D eigenvalue weighted by Crippen LogP contribution is -2.12. The number of unbranched alkanes of at least 4 members (excludes halogenated alkanes) is 5. The van der Waals surface area contributed by atoms with E-state index in [2.05, 4.69) is 71.4 Å². The van der Waals surface area contributed by atoms with Crippen molar-refractivity contribution < 1.29 is 0 Å². The second kappa shape index (κ2) is 21.8. The predicted molar refractivity (Wildman–Crippen MR) is 151 cm³/mol. The molecule has 0 fully saturated rings. The molecule has 0 bridgehead atoms. The molecule has 3 heteroatoms. The van der Waals surface area contributed by atoms with E-state index < -0.39 is 0 Å². The summed E-state index contributed by atoms with van der Waals surface area (Å²) in [7, 11) is 1.79. The summed E-state index contributed by atoms with van der Waals surface area (Å²) in [6.07, 6.45) is 31.7. The number of benzene rings is 1. The van der Waals surface area contributed by atoms with Gasteiger partial charge in [-0.25, -0.2) is 0 Å². The average Bonchev–Trinajstić information content (AvgIpc) is 2.80. The molecule has 2 nitrogen and oxygen atoms in total. The van der Waals surface area contributed by atoms with Crippen molar-refractivity contribution in [2.75, 3.05) is 13.6 Å². The van der Waals surface area contributed by atoms with E-state index in [1.165, 1.54) is 37.7 Å². The van der Waals surface area contributed by atoms with E-state index in [1.54, 1.807) is 13.1 Å². The van der Waals surface area contributed by atoms with Gasteiger partial charge in [-0.05, 0) is 56.1 Å². The molecule has 0 saturated heterocycles. The van der Waals surface area contributed by atoms with Crippen molar-refractivity contribution in [3.63, 3.8) is 0 Å². The Morgan fingerprint density at radius 2 is 1.72 bits per heavy atom. The minimum atomic E-state index is 0. The van der Waals surface area contributed by atoms with Crippen LogP contribution < -0.4 is 0 Å². The zero-order chi connectivity index (χ0) is 22.4. The molecule has 174 valence electrons. The zero-order valence-electron chi connectivity index (χ0n) is 19.9. The van der Waals surface area contributed by atoms with Crippen LogP contribution in [0.15, 0.2) is 102 Å². The van der Waals surface area contributed by atoms with E-state index in [0.29, 0.717) is 0 Å². The van der Waals surface area contributed by atoms with Gasteiger partial charge in [0.15, 0.2) is 0 Å². The number of aliphatic imine (C=N–C) groups is 1. The van der Waals surface area contributed by atoms with Crippen molar-refractivity contribution in [2.45, 2.75) is 51.9 Å². The van der Waals surface area contributed by atoms with Crippen molar-refractivity contribution >= 4 is 29.3 Å². The predicted octanol–water partition coefficient (Wildman–Crippen LogP) is 8.73. The van der Waals surface area contributed by atoms with Crippen LogP contribution in [0.4, 0.5) is 0 Å². The third-order valence-electron chi connectivity index (χ3n) is 4.71. The van der Waals surface area contributed by atoms with Crippen LogP contribution in [0.2, 0.25) is 0 Å². The highest BCUT2D eigenvalue weighted by molar-refractivity contribution is 8.93. The van der Waals surface area contributed by atoms with E-state index in [4.69, 9.17) is 0 Å². The normalized spacial score (nSPS) is 13.4. The minimum absolute atomic E-state index is 0. The molecule has 0 atom stereocenters. The summed E-state index contributed by atoms with van der Waals surface area (Å²) in [5.74, 6) is 0. The van der Waals surface area contributed by atoms with Gasteiger partial charge in [-0.15, -0.1) is 17.0 Å². The number of hydrogen-bond acceptors (Lipinski definition) is 2. The maximum absolute atomic E-state index is 4.04. The fourth-order valence-corrected chi connectivity index (χ4v) is 3.16. The van der Waals surface area contributed by atoms with Crippen LogP contribution >= 0.6 is 17.0 Å². The first kappa shape index (κ1) is 29.6. The number of rotatable bonds is 12. The summed E-state index contributed by atoms with van der Waals surface area (Å²) in [4.78, 5) is 6.32. The van der Waals surface area contributed by atoms with Gasteiger partial charge in [-0.2, -0.15) is 0 Å². The monoisotopic (exact) mass is 496 g/mol. The number of allylic oxidation sites excluding steroid dienone is 8. The largest absolute Gasteiger partial charge is 0.355 e. The van der Waals surface area contributed by atoms with E-state index in [9.17, 15) is 0 Å². The average molecular weight is 498 g/mol. The summed E-state index contributed by atoms with van der Waals surface area (Å²) in [6, 6.07) is 10.3. The van der Waals surface area contributed by atoms with E-state index in [1.807, 2.05) is 43.5 Å². The maximum atomic E-state index is 4.04. The highest BCUT2D eigenvalue weighted by atomic mass is 79.9. The van der Waals surface area contributed by atoms with Crippen LogP contribution in [-0.4, -0.2) is 24.7 Å². The summed E-state index contributed by atoms with van der Waals surface area (Å²) in [6.45, 7) is 6.89. The van der Waals surface area contributed by atoms with Crippen molar-refractivity contribution in [3.05, 3.63) is 103 Å². The van der Waals surface area contributed by atoms with Crippen LogP contribution in [-0.2, 0) is 0 Å². The van der Waals surface area contributed by atoms with E-state index in [-0.39, 0.29) is 17.0 Å². The SMILES string of the molecule is Br.C/C=C/c1ccccc1.C=C/C=C(C=NC)\C=C/CCCCCCCN1C=CCC=C1. The Bertz CT molecular complexity index is 743. The summed E-state index contributed by atoms with van der Waals surface area (Å²) in [5, 5.41) is 0. The van der Waals surface area contributed by atoms with Gasteiger partial charge in [0.05, 0.1) is 0 Å². The zero-order valence-corrected chi connectivity index (χ0v) is 21.6. The molecule has 1 aliphatic heterocycles. The molecule has 1 aromatic carbocycles. The third kappa shape index (κ3) is 16.3. The molecule has 1 aromatic rings. The second-order valence-corrected chi connectivity index (χ2v) is 7.40. The van der Waals surface area contributed by atoms with Gasteiger partial charge in [0, 0.05) is 19.8 Å². The maximum Gasteiger partial charge on any atom is 0.0281 e. The van der Waals surface area contributed by atoms with E-state index >= 15 is 0 Å². The van der Waals surface area contributed by atoms with Crippen LogP contribution in [0.25, 0.3) is 6.08 Å². The van der Waals surface area contributed by atoms with Gasteiger partial charge in [0.2, 0.25) is 0 Å². The Morgan fingerprint density at radius 3 is 2.38 bits per heavy atom. The van der Waals surface area contributed by atoms with Gasteiger partial charge >= 0.3 is 0 Å². The van der Waals surface area contributed by atoms with Crippen LogP contribution in [0.1, 0.15) is 57.4 Å². The Hall–Kier alpha value is -2.39. The Balaban J connectivity index is 0.000000803. The van der Waals surface area contributed by atoms with Crippen molar-refractivity contribution in [1.82, 2.24) is 4.90 Å². The lowest BCUT2D eigenvalue weighted by molar-refractivity contribution is 0.461. The Labute approximate surface area is 207 Å². The molecule has 0 radical (unpaired) electrons. The van der Waals surface area contributed by atoms with Gasteiger partial charge in [0.1, 0.15) is 0 Å². The number of halogens is 1. The van der Waals surface area contributed by atoms with Gasteiger partial charge in [-0.1, -0.05) is 105 Å². The Kier molecular flexibility index (Phi) is 20.2. The van der Waals surface area contributed by atoms with Crippen molar-refractivity contribution in [1.29, 1.82) is 0 Å². The first-order valence-electron chi connectivity index (χ1n) is 11.5. The molecule has 0 spiro atoms. The first-order valence-corrected chi connectivity index (χ1v) is 11.5. The standard InChI is InChI=1S/C20H30N2.C9H10.BrH/c1-3-14-20(19-21-2)15-10-7-5-4-6-8-11-16-22-17-12-9-13-18-22;1-2-6-9-7-4-3-5-8-9;/h3,10,12-15,17-19H,1,4-9,11,16H2,2H3;2-8H,1H3;1H/b15-10-,20-14+,21-19?;6-2+;. The highest BCUT2D eigenvalue weighted by Gasteiger charge is 1.97. The summed E-state index contributed by atoms with van der Waals surface area (Å²) in [5.41, 5.74) is 2.38. The molecule has 1 aliphatic rings. The number of hydrogen-bond donors (Lipinski definition) is 0. The van der Waals surface area contributed by atoms with Crippen LogP contribution in [0.3, 0.4) is 0 Å². The highest BCUT2D eigenvalue weighted by Crippen LogP contribution is 2.09. The van der Waals surface area contributed by atoms with Gasteiger partial charge in [0.25, 0.3) is 0 Å². The molecule has 32 heavy (non-hydrogen) atoms. The molecule has 0 unspecified atom stereocenters. The molecule has 0 amide bonds. The molecule has 0 saturated carbocycles. The van der Waals surface area contributed by atoms with Crippen molar-refractivity contribution in [2.24, 2.45) is 4.99 Å². The fourth-order valence-electron chi connectivity index (χ4n) is 3.16. The molecular formula is C29H41BrN2. The summed E-state index contributed by atoms with van der Waals surface area (Å²) >= 11 is 0. The quantitative estimate of drug-likeness (QED) is 0.160. The Morgan fingerprint density at radius 1 is 1.03 bits per heavy atom. The number of nitrogens with zero attached hydrogens (tertiary/aromatic N) is 2. The fraction of sp³-hybridized carbons (Fsp3) is 0.345. The third-order valence-corrected chi connectivity index (χ3v) is 4.71. The lowest BCUT2D eigenvalue weighted by atomic mass is 10.1. The molecular weight excluding hydrogens is 456 g/mol. The lowest BCUT2D eigenvalue weighted by Gasteiger charge is -2.17. The van der Waals surface area contributed by atoms with E-state index in [0.717, 1.165) is 25.0 Å². The molecule has 1 heterocycles. The van der Waals surface area contributed by atoms with Crippen LogP contribution in [0, 0.1) is 0 Å². The molecule has 0 N–H and O–H groups in total. The molecule has 0 aliphatic carbocycles.